The van der Waals surface area contributed by atoms with Gasteiger partial charge in [0.25, 0.3) is 0 Å². The van der Waals surface area contributed by atoms with Gasteiger partial charge in [-0.2, -0.15) is 0 Å². The Morgan fingerprint density at radius 1 is 0.370 bits per heavy atom. The molecule has 0 radical (unpaired) electrons. The zero-order valence-electron chi connectivity index (χ0n) is 35.2. The number of rotatable bonds is 29. The highest BCUT2D eigenvalue weighted by Gasteiger charge is 2.30. The van der Waals surface area contributed by atoms with E-state index in [1.807, 2.05) is 0 Å². The molecule has 2 N–H and O–H groups in total. The minimum absolute atomic E-state index is 0.146. The zero-order valence-corrected chi connectivity index (χ0v) is 35.2. The van der Waals surface area contributed by atoms with E-state index in [0.29, 0.717) is 92.4 Å². The molecule has 0 aromatic rings. The molecule has 0 spiro atoms. The Hall–Kier alpha value is -2.44. The molecule has 16 heteroatoms. The average Bonchev–Trinajstić information content (AvgIpc) is 2.98. The molecule has 0 fully saturated rings. The van der Waals surface area contributed by atoms with Crippen molar-refractivity contribution in [3.8, 4) is 0 Å². The monoisotopic (exact) mass is 780 g/mol. The van der Waals surface area contributed by atoms with Crippen molar-refractivity contribution < 1.29 is 66.5 Å². The van der Waals surface area contributed by atoms with E-state index in [1.165, 1.54) is 0 Å². The maximum absolute atomic E-state index is 12.6. The topological polar surface area (TPSA) is 185 Å². The summed E-state index contributed by atoms with van der Waals surface area (Å²) >= 11 is 0. The van der Waals surface area contributed by atoms with Gasteiger partial charge in [-0.25, -0.2) is 0 Å². The molecule has 16 nitrogen and oxygen atoms in total. The molecule has 54 heavy (non-hydrogen) atoms. The van der Waals surface area contributed by atoms with E-state index in [2.05, 4.69) is 10.6 Å². The van der Waals surface area contributed by atoms with Gasteiger partial charge in [0.05, 0.1) is 92.1 Å². The summed E-state index contributed by atoms with van der Waals surface area (Å²) in [6.07, 6.45) is -0.292. The van der Waals surface area contributed by atoms with Crippen molar-refractivity contribution in [3.05, 3.63) is 0 Å². The smallest absolute Gasteiger partial charge is 0.324 e. The van der Waals surface area contributed by atoms with Gasteiger partial charge in [0, 0.05) is 13.1 Å². The summed E-state index contributed by atoms with van der Waals surface area (Å²) in [4.78, 5) is 49.7. The van der Waals surface area contributed by atoms with E-state index < -0.39 is 58.4 Å². The third kappa shape index (κ3) is 34.1. The number of hydrogen-bond donors (Lipinski definition) is 2. The van der Waals surface area contributed by atoms with Gasteiger partial charge < -0.3 is 58.0 Å². The lowest BCUT2D eigenvalue weighted by molar-refractivity contribution is -0.164. The van der Waals surface area contributed by atoms with Crippen LogP contribution in [0.2, 0.25) is 0 Å². The number of carbonyl (C=O) groups is 4. The Labute approximate surface area is 323 Å². The van der Waals surface area contributed by atoms with Gasteiger partial charge >= 0.3 is 23.9 Å². The number of hydrogen-bond acceptors (Lipinski definition) is 16. The molecule has 0 amide bonds. The van der Waals surface area contributed by atoms with Crippen molar-refractivity contribution in [3.63, 3.8) is 0 Å². The second-order valence-electron chi connectivity index (χ2n) is 16.3. The Bertz CT molecular complexity index is 963. The van der Waals surface area contributed by atoms with Crippen molar-refractivity contribution in [2.45, 2.75) is 130 Å². The van der Waals surface area contributed by atoms with Crippen molar-refractivity contribution in [2.75, 3.05) is 92.4 Å². The van der Waals surface area contributed by atoms with Crippen molar-refractivity contribution >= 4 is 23.9 Å². The molecular weight excluding hydrogens is 708 g/mol. The maximum Gasteiger partial charge on any atom is 0.324 e. The highest BCUT2D eigenvalue weighted by atomic mass is 16.6. The molecule has 2 atom stereocenters. The summed E-state index contributed by atoms with van der Waals surface area (Å²) in [5, 5.41) is 6.05. The van der Waals surface area contributed by atoms with Crippen LogP contribution >= 0.6 is 0 Å². The van der Waals surface area contributed by atoms with Crippen LogP contribution in [0.15, 0.2) is 0 Å². The average molecular weight is 781 g/mol. The summed E-state index contributed by atoms with van der Waals surface area (Å²) in [5.74, 6) is -2.02. The normalized spacial score (nSPS) is 13.6. The summed E-state index contributed by atoms with van der Waals surface area (Å²) in [6.45, 7) is 26.5. The molecule has 0 aliphatic carbocycles. The SMILES string of the molecule is CC(C)(C)OC(=O)C[C@H](NCCOCCOCCOCCOCCOCCOCCN[C@@H](CC(=O)OC(C)(C)C)C(=O)OC(C)(C)C)C(=O)OC(C)(C)C. The van der Waals surface area contributed by atoms with Crippen LogP contribution < -0.4 is 10.6 Å². The quantitative estimate of drug-likeness (QED) is 0.0641. The molecular formula is C38H72N2O14. The number of esters is 4. The third-order valence-electron chi connectivity index (χ3n) is 6.10. The molecule has 0 aliphatic heterocycles. The molecule has 318 valence electrons. The van der Waals surface area contributed by atoms with E-state index in [-0.39, 0.29) is 12.8 Å². The van der Waals surface area contributed by atoms with E-state index in [1.54, 1.807) is 83.1 Å². The van der Waals surface area contributed by atoms with Crippen LogP contribution in [0.25, 0.3) is 0 Å². The fourth-order valence-electron chi connectivity index (χ4n) is 4.14. The van der Waals surface area contributed by atoms with Gasteiger partial charge in [-0.3, -0.25) is 19.2 Å². The van der Waals surface area contributed by atoms with Crippen LogP contribution in [0.1, 0.15) is 95.9 Å². The van der Waals surface area contributed by atoms with Gasteiger partial charge in [-0.15, -0.1) is 0 Å². The Balaban J connectivity index is 3.88. The van der Waals surface area contributed by atoms with Crippen LogP contribution in [-0.4, -0.2) is 151 Å². The fourth-order valence-corrected chi connectivity index (χ4v) is 4.14. The van der Waals surface area contributed by atoms with Crippen LogP contribution in [0.3, 0.4) is 0 Å². The summed E-state index contributed by atoms with van der Waals surface area (Å²) in [6, 6.07) is -1.69. The van der Waals surface area contributed by atoms with E-state index >= 15 is 0 Å². The molecule has 0 aromatic carbocycles. The predicted molar refractivity (Wildman–Crippen MR) is 201 cm³/mol. The summed E-state index contributed by atoms with van der Waals surface area (Å²) in [7, 11) is 0. The molecule has 0 saturated heterocycles. The predicted octanol–water partition coefficient (Wildman–Crippen LogP) is 3.15. The van der Waals surface area contributed by atoms with Gasteiger partial charge in [-0.05, 0) is 83.1 Å². The minimum Gasteiger partial charge on any atom is -0.460 e. The van der Waals surface area contributed by atoms with Crippen molar-refractivity contribution in [2.24, 2.45) is 0 Å². The van der Waals surface area contributed by atoms with Crippen LogP contribution in [0.4, 0.5) is 0 Å². The lowest BCUT2D eigenvalue weighted by Gasteiger charge is -2.25. The molecule has 0 unspecified atom stereocenters. The first-order valence-electron chi connectivity index (χ1n) is 18.8. The lowest BCUT2D eigenvalue weighted by Crippen LogP contribution is -2.44. The van der Waals surface area contributed by atoms with Gasteiger partial charge in [-0.1, -0.05) is 0 Å². The highest BCUT2D eigenvalue weighted by molar-refractivity contribution is 5.83. The first-order chi connectivity index (χ1) is 25.0. The Morgan fingerprint density at radius 2 is 0.593 bits per heavy atom. The second kappa shape index (κ2) is 27.2. The molecule has 0 bridgehead atoms. The number of nitrogens with one attached hydrogen (secondary N) is 2. The molecule has 0 rings (SSSR count). The lowest BCUT2D eigenvalue weighted by atomic mass is 10.1. The van der Waals surface area contributed by atoms with Gasteiger partial charge in [0.2, 0.25) is 0 Å². The Morgan fingerprint density at radius 3 is 0.815 bits per heavy atom. The van der Waals surface area contributed by atoms with E-state index in [0.717, 1.165) is 0 Å². The largest absolute Gasteiger partial charge is 0.460 e. The summed E-state index contributed by atoms with van der Waals surface area (Å²) < 4.78 is 54.7. The zero-order chi connectivity index (χ0) is 41.3. The molecule has 0 aromatic heterocycles. The maximum atomic E-state index is 12.6. The fraction of sp³-hybridized carbons (Fsp3) is 0.895. The first-order valence-corrected chi connectivity index (χ1v) is 18.8. The van der Waals surface area contributed by atoms with Crippen LogP contribution in [0.5, 0.6) is 0 Å². The van der Waals surface area contributed by atoms with Crippen LogP contribution in [0, 0.1) is 0 Å². The van der Waals surface area contributed by atoms with Gasteiger partial charge in [0.15, 0.2) is 0 Å². The van der Waals surface area contributed by atoms with Crippen molar-refractivity contribution in [1.82, 2.24) is 10.6 Å². The number of carbonyl (C=O) groups excluding carboxylic acids is 4. The molecule has 0 heterocycles. The summed E-state index contributed by atoms with van der Waals surface area (Å²) in [5.41, 5.74) is -2.67. The van der Waals surface area contributed by atoms with Crippen molar-refractivity contribution in [1.29, 1.82) is 0 Å². The molecule has 0 saturated carbocycles. The third-order valence-corrected chi connectivity index (χ3v) is 6.10. The Kier molecular flexibility index (Phi) is 26.0. The van der Waals surface area contributed by atoms with Gasteiger partial charge in [0.1, 0.15) is 34.5 Å². The first kappa shape index (κ1) is 51.6. The molecule has 0 aliphatic rings. The standard InChI is InChI=1S/C38H72N2O14/c1-35(2,3)51-31(41)27-29(33(43)53-37(7,8)9)39-13-15-45-17-19-47-21-23-49-25-26-50-24-22-48-20-18-46-16-14-40-30(34(44)54-38(10,11)12)28-32(42)52-36(4,5)6/h29-30,39-40H,13-28H2,1-12H3/t29-,30-/m0/s1. The van der Waals surface area contributed by atoms with E-state index in [9.17, 15) is 19.2 Å². The second-order valence-corrected chi connectivity index (χ2v) is 16.3. The minimum atomic E-state index is -0.846. The van der Waals surface area contributed by atoms with E-state index in [4.69, 9.17) is 47.4 Å². The van der Waals surface area contributed by atoms with Crippen LogP contribution in [-0.2, 0) is 66.5 Å². The highest BCUT2D eigenvalue weighted by Crippen LogP contribution is 2.14. The number of ether oxygens (including phenoxy) is 10.